The lowest BCUT2D eigenvalue weighted by molar-refractivity contribution is -0.141. The number of aromatic nitrogens is 1. The van der Waals surface area contributed by atoms with Crippen molar-refractivity contribution >= 4 is 12.0 Å². The van der Waals surface area contributed by atoms with Crippen molar-refractivity contribution in [2.24, 2.45) is 11.1 Å². The zero-order valence-corrected chi connectivity index (χ0v) is 18.4. The highest BCUT2D eigenvalue weighted by atomic mass is 16.5. The van der Waals surface area contributed by atoms with Crippen molar-refractivity contribution in [3.63, 3.8) is 0 Å². The van der Waals surface area contributed by atoms with Gasteiger partial charge >= 0.3 is 5.97 Å². The first-order valence-electron chi connectivity index (χ1n) is 10.1. The number of hydrogen-bond donors (Lipinski definition) is 1. The van der Waals surface area contributed by atoms with E-state index in [4.69, 9.17) is 15.2 Å². The summed E-state index contributed by atoms with van der Waals surface area (Å²) in [4.78, 5) is 15.7. The molecule has 0 aliphatic rings. The predicted molar refractivity (Wildman–Crippen MR) is 121 cm³/mol. The van der Waals surface area contributed by atoms with Crippen LogP contribution in [0.2, 0.25) is 0 Å². The van der Waals surface area contributed by atoms with E-state index in [1.165, 1.54) is 17.2 Å². The van der Waals surface area contributed by atoms with E-state index in [-0.39, 0.29) is 12.0 Å². The molecule has 0 saturated carbocycles. The molecule has 0 amide bonds. The molecule has 2 rings (SSSR count). The molecule has 1 aromatic carbocycles. The smallest absolute Gasteiger partial charge is 0.332 e. The van der Waals surface area contributed by atoms with Gasteiger partial charge in [-0.25, -0.2) is 4.79 Å². The van der Waals surface area contributed by atoms with Gasteiger partial charge in [0.15, 0.2) is 0 Å². The van der Waals surface area contributed by atoms with Gasteiger partial charge in [0.2, 0.25) is 0 Å². The van der Waals surface area contributed by atoms with Crippen molar-refractivity contribution in [2.45, 2.75) is 34.1 Å². The molecular formula is C25H32N2O3. The second-order valence-electron chi connectivity index (χ2n) is 8.42. The van der Waals surface area contributed by atoms with Gasteiger partial charge in [-0.2, -0.15) is 0 Å². The first-order valence-corrected chi connectivity index (χ1v) is 10.1. The van der Waals surface area contributed by atoms with Gasteiger partial charge in [-0.3, -0.25) is 4.98 Å². The van der Waals surface area contributed by atoms with Crippen LogP contribution in [0.4, 0.5) is 0 Å². The molecule has 1 aromatic heterocycles. The summed E-state index contributed by atoms with van der Waals surface area (Å²) in [5.74, 6) is -0.425. The van der Waals surface area contributed by atoms with Crippen LogP contribution in [0.15, 0.2) is 66.1 Å². The van der Waals surface area contributed by atoms with E-state index in [1.807, 2.05) is 33.0 Å². The molecule has 5 heteroatoms. The van der Waals surface area contributed by atoms with Crippen molar-refractivity contribution in [2.75, 3.05) is 19.8 Å². The van der Waals surface area contributed by atoms with Crippen molar-refractivity contribution in [3.05, 3.63) is 82.8 Å². The molecule has 160 valence electrons. The van der Waals surface area contributed by atoms with E-state index in [9.17, 15) is 4.79 Å². The van der Waals surface area contributed by atoms with E-state index in [2.05, 4.69) is 41.4 Å². The quantitative estimate of drug-likeness (QED) is 0.462. The highest BCUT2D eigenvalue weighted by molar-refractivity contribution is 5.82. The Morgan fingerprint density at radius 2 is 1.83 bits per heavy atom. The van der Waals surface area contributed by atoms with Gasteiger partial charge in [0.05, 0.1) is 19.8 Å². The number of allylic oxidation sites excluding steroid dienone is 1. The fraction of sp³-hybridized carbons (Fsp3) is 0.360. The Balaban J connectivity index is 1.79. The number of carbonyl (C=O) groups excluding carboxylic acids is 1. The van der Waals surface area contributed by atoms with E-state index in [0.717, 1.165) is 17.6 Å². The van der Waals surface area contributed by atoms with Crippen LogP contribution >= 0.6 is 0 Å². The monoisotopic (exact) mass is 408 g/mol. The first-order chi connectivity index (χ1) is 14.2. The number of hydrogen-bond acceptors (Lipinski definition) is 5. The fourth-order valence-electron chi connectivity index (χ4n) is 2.82. The van der Waals surface area contributed by atoms with Gasteiger partial charge in [-0.05, 0) is 48.6 Å². The molecule has 2 aromatic rings. The third kappa shape index (κ3) is 9.05. The van der Waals surface area contributed by atoms with Crippen LogP contribution in [-0.2, 0) is 20.7 Å². The number of ether oxygens (including phenoxy) is 2. The van der Waals surface area contributed by atoms with E-state index in [1.54, 1.807) is 13.1 Å². The number of benzene rings is 1. The van der Waals surface area contributed by atoms with E-state index < -0.39 is 5.97 Å². The van der Waals surface area contributed by atoms with Crippen molar-refractivity contribution in [1.29, 1.82) is 0 Å². The highest BCUT2D eigenvalue weighted by Crippen LogP contribution is 2.17. The van der Waals surface area contributed by atoms with E-state index in [0.29, 0.717) is 18.9 Å². The molecule has 30 heavy (non-hydrogen) atoms. The summed E-state index contributed by atoms with van der Waals surface area (Å²) in [7, 11) is 0. The van der Waals surface area contributed by atoms with Gasteiger partial charge in [0.25, 0.3) is 0 Å². The number of nitrogens with two attached hydrogens (primary N) is 1. The number of esters is 1. The van der Waals surface area contributed by atoms with Gasteiger partial charge in [-0.15, -0.1) is 0 Å². The van der Waals surface area contributed by atoms with Gasteiger partial charge in [0, 0.05) is 29.6 Å². The van der Waals surface area contributed by atoms with Crippen molar-refractivity contribution in [1.82, 2.24) is 4.98 Å². The van der Waals surface area contributed by atoms with E-state index >= 15 is 0 Å². The van der Waals surface area contributed by atoms with Crippen LogP contribution in [0.3, 0.4) is 0 Å². The number of carbonyl (C=O) groups is 1. The largest absolute Gasteiger partial charge is 0.462 e. The Hall–Kier alpha value is -2.92. The average molecular weight is 409 g/mol. The van der Waals surface area contributed by atoms with Gasteiger partial charge in [-0.1, -0.05) is 50.3 Å². The van der Waals surface area contributed by atoms with Gasteiger partial charge < -0.3 is 15.2 Å². The first kappa shape index (κ1) is 23.4. The third-order valence-electron chi connectivity index (χ3n) is 4.30. The minimum absolute atomic E-state index is 0.275. The number of rotatable bonds is 10. The molecule has 0 radical (unpaired) electrons. The molecule has 2 N–H and O–H groups in total. The standard InChI is InChI=1S/C25H32N2O3/c1-19(16-29-17-25(3,4)18-30-24(28)13-20(2)26)12-21-7-9-22(10-8-21)14-23-6-5-11-27-15-23/h5-13,15H,14,16-18,26H2,1-4H3. The Labute approximate surface area is 179 Å². The van der Waals surface area contributed by atoms with Crippen LogP contribution in [0.25, 0.3) is 6.08 Å². The SMILES string of the molecule is CC(N)=CC(=O)OCC(C)(C)COCC(C)=Cc1ccc(Cc2cccnc2)cc1. The van der Waals surface area contributed by atoms with Crippen molar-refractivity contribution < 1.29 is 14.3 Å². The summed E-state index contributed by atoms with van der Waals surface area (Å²) in [5, 5.41) is 0. The number of pyridine rings is 1. The summed E-state index contributed by atoms with van der Waals surface area (Å²) < 4.78 is 11.1. The van der Waals surface area contributed by atoms with Crippen LogP contribution < -0.4 is 5.73 Å². The van der Waals surface area contributed by atoms with Crippen LogP contribution in [0.1, 0.15) is 44.4 Å². The molecule has 0 aliphatic carbocycles. The zero-order valence-electron chi connectivity index (χ0n) is 18.4. The third-order valence-corrected chi connectivity index (χ3v) is 4.30. The minimum Gasteiger partial charge on any atom is -0.462 e. The summed E-state index contributed by atoms with van der Waals surface area (Å²) >= 11 is 0. The maximum Gasteiger partial charge on any atom is 0.332 e. The highest BCUT2D eigenvalue weighted by Gasteiger charge is 2.20. The molecule has 0 saturated heterocycles. The average Bonchev–Trinajstić information content (AvgIpc) is 2.68. The lowest BCUT2D eigenvalue weighted by atomic mass is 9.96. The lowest BCUT2D eigenvalue weighted by Gasteiger charge is -2.23. The fourth-order valence-corrected chi connectivity index (χ4v) is 2.82. The summed E-state index contributed by atoms with van der Waals surface area (Å²) in [6.45, 7) is 8.98. The van der Waals surface area contributed by atoms with Gasteiger partial charge in [0.1, 0.15) is 0 Å². The Morgan fingerprint density at radius 3 is 2.47 bits per heavy atom. The Morgan fingerprint density at radius 1 is 1.10 bits per heavy atom. The maximum atomic E-state index is 11.6. The number of nitrogens with zero attached hydrogens (tertiary/aromatic N) is 1. The summed E-state index contributed by atoms with van der Waals surface area (Å²) in [5.41, 5.74) is 10.4. The van der Waals surface area contributed by atoms with Crippen LogP contribution in [0, 0.1) is 5.41 Å². The molecule has 0 aliphatic heterocycles. The topological polar surface area (TPSA) is 74.4 Å². The normalized spacial score (nSPS) is 12.7. The van der Waals surface area contributed by atoms with Crippen LogP contribution in [0.5, 0.6) is 0 Å². The molecule has 0 bridgehead atoms. The Bertz CT molecular complexity index is 865. The molecule has 0 fully saturated rings. The summed E-state index contributed by atoms with van der Waals surface area (Å²) in [6, 6.07) is 12.6. The summed E-state index contributed by atoms with van der Waals surface area (Å²) in [6.07, 6.45) is 7.96. The second-order valence-corrected chi connectivity index (χ2v) is 8.42. The minimum atomic E-state index is -0.425. The molecule has 0 atom stereocenters. The van der Waals surface area contributed by atoms with Crippen LogP contribution in [-0.4, -0.2) is 30.8 Å². The second kappa shape index (κ2) is 11.3. The Kier molecular flexibility index (Phi) is 8.81. The lowest BCUT2D eigenvalue weighted by Crippen LogP contribution is -2.27. The molecule has 5 nitrogen and oxygen atoms in total. The molecule has 1 heterocycles. The molecule has 0 spiro atoms. The predicted octanol–water partition coefficient (Wildman–Crippen LogP) is 4.52. The van der Waals surface area contributed by atoms with Crippen molar-refractivity contribution in [3.8, 4) is 0 Å². The molecule has 0 unspecified atom stereocenters. The zero-order chi connectivity index (χ0) is 22.0. The maximum absolute atomic E-state index is 11.6. The molecular weight excluding hydrogens is 376 g/mol.